The molecule has 17 heavy (non-hydrogen) atoms. The van der Waals surface area contributed by atoms with Crippen LogP contribution in [-0.4, -0.2) is 18.1 Å². The summed E-state index contributed by atoms with van der Waals surface area (Å²) in [4.78, 5) is 15.6. The number of benzene rings is 1. The van der Waals surface area contributed by atoms with Gasteiger partial charge in [0, 0.05) is 11.3 Å². The lowest BCUT2D eigenvalue weighted by Crippen LogP contribution is -2.04. The summed E-state index contributed by atoms with van der Waals surface area (Å²) in [5.74, 6) is -0.442. The summed E-state index contributed by atoms with van der Waals surface area (Å²) in [5, 5.41) is 0. The zero-order valence-corrected chi connectivity index (χ0v) is 9.38. The molecule has 2 aromatic rings. The van der Waals surface area contributed by atoms with Crippen LogP contribution in [0, 0.1) is 0 Å². The molecule has 0 amide bonds. The Labute approximate surface area is 99.1 Å². The van der Waals surface area contributed by atoms with E-state index in [9.17, 15) is 4.79 Å². The highest BCUT2D eigenvalue weighted by Crippen LogP contribution is 2.18. The lowest BCUT2D eigenvalue weighted by Gasteiger charge is -2.03. The van der Waals surface area contributed by atoms with Crippen LogP contribution in [-0.2, 0) is 4.74 Å². The van der Waals surface area contributed by atoms with Gasteiger partial charge in [0.15, 0.2) is 0 Å². The minimum atomic E-state index is -0.442. The first kappa shape index (κ1) is 11.1. The van der Waals surface area contributed by atoms with Gasteiger partial charge in [0.2, 0.25) is 0 Å². The number of aromatic nitrogens is 1. The molecule has 1 heterocycles. The Morgan fingerprint density at radius 1 is 1.18 bits per heavy atom. The number of rotatable bonds is 2. The highest BCUT2D eigenvalue weighted by atomic mass is 16.5. The minimum Gasteiger partial charge on any atom is -0.464 e. The van der Waals surface area contributed by atoms with Gasteiger partial charge in [0.25, 0.3) is 0 Å². The third-order valence-electron chi connectivity index (χ3n) is 2.35. The van der Waals surface area contributed by atoms with Crippen LogP contribution in [0.15, 0.2) is 42.5 Å². The van der Waals surface area contributed by atoms with Crippen LogP contribution in [0.4, 0.5) is 5.69 Å². The summed E-state index contributed by atoms with van der Waals surface area (Å²) in [5.41, 5.74) is 8.22. The van der Waals surface area contributed by atoms with E-state index in [-0.39, 0.29) is 0 Å². The topological polar surface area (TPSA) is 65.2 Å². The van der Waals surface area contributed by atoms with E-state index in [2.05, 4.69) is 9.72 Å². The number of hydrogen-bond acceptors (Lipinski definition) is 4. The van der Waals surface area contributed by atoms with Gasteiger partial charge in [0.1, 0.15) is 5.69 Å². The maximum atomic E-state index is 11.3. The van der Waals surface area contributed by atoms with Gasteiger partial charge in [0.05, 0.1) is 12.8 Å². The van der Waals surface area contributed by atoms with Crippen LogP contribution in [0.2, 0.25) is 0 Å². The molecule has 0 radical (unpaired) electrons. The zero-order chi connectivity index (χ0) is 12.3. The van der Waals surface area contributed by atoms with Gasteiger partial charge in [-0.05, 0) is 24.3 Å². The Balaban J connectivity index is 2.39. The monoisotopic (exact) mass is 228 g/mol. The van der Waals surface area contributed by atoms with E-state index in [0.29, 0.717) is 17.1 Å². The third kappa shape index (κ3) is 2.42. The van der Waals surface area contributed by atoms with E-state index in [1.165, 1.54) is 7.11 Å². The van der Waals surface area contributed by atoms with Gasteiger partial charge in [-0.15, -0.1) is 0 Å². The van der Waals surface area contributed by atoms with E-state index in [1.807, 2.05) is 18.2 Å². The van der Waals surface area contributed by atoms with Crippen molar-refractivity contribution in [1.82, 2.24) is 4.98 Å². The Bertz CT molecular complexity index is 535. The predicted octanol–water partition coefficient (Wildman–Crippen LogP) is 2.12. The van der Waals surface area contributed by atoms with E-state index < -0.39 is 5.97 Å². The molecule has 4 nitrogen and oxygen atoms in total. The van der Waals surface area contributed by atoms with Crippen molar-refractivity contribution in [2.45, 2.75) is 0 Å². The summed E-state index contributed by atoms with van der Waals surface area (Å²) in [6.45, 7) is 0. The van der Waals surface area contributed by atoms with Gasteiger partial charge < -0.3 is 10.5 Å². The van der Waals surface area contributed by atoms with Crippen LogP contribution < -0.4 is 5.73 Å². The van der Waals surface area contributed by atoms with Crippen molar-refractivity contribution < 1.29 is 9.53 Å². The lowest BCUT2D eigenvalue weighted by molar-refractivity contribution is 0.0594. The molecule has 0 unspecified atom stereocenters. The van der Waals surface area contributed by atoms with Crippen LogP contribution >= 0.6 is 0 Å². The summed E-state index contributed by atoms with van der Waals surface area (Å²) in [7, 11) is 1.33. The average Bonchev–Trinajstić information content (AvgIpc) is 2.39. The van der Waals surface area contributed by atoms with Gasteiger partial charge in [-0.25, -0.2) is 9.78 Å². The molecule has 0 atom stereocenters. The largest absolute Gasteiger partial charge is 0.464 e. The number of nitrogens with zero attached hydrogens (tertiary/aromatic N) is 1. The predicted molar refractivity (Wildman–Crippen MR) is 65.4 cm³/mol. The Kier molecular flexibility index (Phi) is 3.05. The van der Waals surface area contributed by atoms with Gasteiger partial charge in [-0.3, -0.25) is 0 Å². The number of nitrogen functional groups attached to an aromatic ring is 1. The minimum absolute atomic E-state index is 0.293. The van der Waals surface area contributed by atoms with E-state index >= 15 is 0 Å². The normalized spacial score (nSPS) is 9.94. The number of anilines is 1. The van der Waals surface area contributed by atoms with Gasteiger partial charge in [-0.2, -0.15) is 0 Å². The molecule has 0 aliphatic heterocycles. The quantitative estimate of drug-likeness (QED) is 0.631. The van der Waals surface area contributed by atoms with Gasteiger partial charge in [-0.1, -0.05) is 18.2 Å². The summed E-state index contributed by atoms with van der Waals surface area (Å²) >= 11 is 0. The van der Waals surface area contributed by atoms with Crippen molar-refractivity contribution in [2.24, 2.45) is 0 Å². The van der Waals surface area contributed by atoms with Crippen molar-refractivity contribution in [3.63, 3.8) is 0 Å². The molecule has 2 rings (SSSR count). The molecule has 1 aromatic carbocycles. The first-order valence-electron chi connectivity index (χ1n) is 5.12. The van der Waals surface area contributed by atoms with Crippen molar-refractivity contribution in [2.75, 3.05) is 12.8 Å². The third-order valence-corrected chi connectivity index (χ3v) is 2.35. The fourth-order valence-corrected chi connectivity index (χ4v) is 1.47. The highest BCUT2D eigenvalue weighted by Gasteiger charge is 2.08. The zero-order valence-electron chi connectivity index (χ0n) is 9.38. The second-order valence-electron chi connectivity index (χ2n) is 3.52. The first-order valence-corrected chi connectivity index (χ1v) is 5.12. The maximum Gasteiger partial charge on any atom is 0.356 e. The average molecular weight is 228 g/mol. The smallest absolute Gasteiger partial charge is 0.356 e. The first-order chi connectivity index (χ1) is 8.20. The number of methoxy groups -OCH3 is 1. The fourth-order valence-electron chi connectivity index (χ4n) is 1.47. The second kappa shape index (κ2) is 4.65. The standard InChI is InChI=1S/C13H12N2O2/c1-17-13(16)12-4-2-3-11(15-12)9-5-7-10(14)8-6-9/h2-8H,14H2,1H3. The van der Waals surface area contributed by atoms with E-state index in [4.69, 9.17) is 5.73 Å². The number of carbonyl (C=O) groups is 1. The second-order valence-corrected chi connectivity index (χ2v) is 3.52. The van der Waals surface area contributed by atoms with Crippen LogP contribution in [0.3, 0.4) is 0 Å². The molecular formula is C13H12N2O2. The lowest BCUT2D eigenvalue weighted by atomic mass is 10.1. The number of ether oxygens (including phenoxy) is 1. The van der Waals surface area contributed by atoms with E-state index in [0.717, 1.165) is 5.56 Å². The van der Waals surface area contributed by atoms with E-state index in [1.54, 1.807) is 24.3 Å². The van der Waals surface area contributed by atoms with Crippen LogP contribution in [0.25, 0.3) is 11.3 Å². The Morgan fingerprint density at radius 2 is 1.88 bits per heavy atom. The number of hydrogen-bond donors (Lipinski definition) is 1. The Hall–Kier alpha value is -2.36. The Morgan fingerprint density at radius 3 is 2.53 bits per heavy atom. The summed E-state index contributed by atoms with van der Waals surface area (Å²) in [6.07, 6.45) is 0. The number of pyridine rings is 1. The molecule has 0 saturated carbocycles. The molecule has 0 fully saturated rings. The molecule has 1 aromatic heterocycles. The van der Waals surface area contributed by atoms with Crippen molar-refractivity contribution in [3.8, 4) is 11.3 Å². The summed E-state index contributed by atoms with van der Waals surface area (Å²) < 4.78 is 4.62. The molecule has 86 valence electrons. The SMILES string of the molecule is COC(=O)c1cccc(-c2ccc(N)cc2)n1. The summed E-state index contributed by atoms with van der Waals surface area (Å²) in [6, 6.07) is 12.5. The molecule has 0 spiro atoms. The molecule has 2 N–H and O–H groups in total. The number of nitrogens with two attached hydrogens (primary N) is 1. The molecule has 0 bridgehead atoms. The fraction of sp³-hybridized carbons (Fsp3) is 0.0769. The molecule has 0 aliphatic carbocycles. The highest BCUT2D eigenvalue weighted by molar-refractivity contribution is 5.87. The van der Waals surface area contributed by atoms with Gasteiger partial charge >= 0.3 is 5.97 Å². The maximum absolute atomic E-state index is 11.3. The molecular weight excluding hydrogens is 216 g/mol. The molecule has 0 aliphatic rings. The van der Waals surface area contributed by atoms with Crippen molar-refractivity contribution >= 4 is 11.7 Å². The number of esters is 1. The van der Waals surface area contributed by atoms with Crippen LogP contribution in [0.5, 0.6) is 0 Å². The molecule has 4 heteroatoms. The molecule has 0 saturated heterocycles. The van der Waals surface area contributed by atoms with Crippen molar-refractivity contribution in [3.05, 3.63) is 48.2 Å². The number of carbonyl (C=O) groups excluding carboxylic acids is 1. The van der Waals surface area contributed by atoms with Crippen molar-refractivity contribution in [1.29, 1.82) is 0 Å². The van der Waals surface area contributed by atoms with Crippen LogP contribution in [0.1, 0.15) is 10.5 Å².